The molecule has 5 rings (SSSR count). The van der Waals surface area contributed by atoms with Crippen molar-refractivity contribution in [2.75, 3.05) is 6.54 Å². The first kappa shape index (κ1) is 15.5. The van der Waals surface area contributed by atoms with E-state index in [1.54, 1.807) is 0 Å². The van der Waals surface area contributed by atoms with Gasteiger partial charge in [-0.05, 0) is 23.1 Å². The van der Waals surface area contributed by atoms with Gasteiger partial charge in [-0.3, -0.25) is 4.90 Å². The number of nitrogens with zero attached hydrogens (tertiary/aromatic N) is 4. The maximum atomic E-state index is 10.8. The van der Waals surface area contributed by atoms with Crippen molar-refractivity contribution in [3.8, 4) is 5.88 Å². The summed E-state index contributed by atoms with van der Waals surface area (Å²) < 4.78 is 1.52. The first-order valence-corrected chi connectivity index (χ1v) is 9.50. The Morgan fingerprint density at radius 1 is 1.00 bits per heavy atom. The Bertz CT molecular complexity index is 1060. The van der Waals surface area contributed by atoms with Gasteiger partial charge in [-0.2, -0.15) is 9.61 Å². The van der Waals surface area contributed by atoms with Crippen LogP contribution in [0.4, 0.5) is 0 Å². The number of hydrogen-bond donors (Lipinski definition) is 1. The van der Waals surface area contributed by atoms with Crippen LogP contribution in [0.15, 0.2) is 60.9 Å². The summed E-state index contributed by atoms with van der Waals surface area (Å²) in [7, 11) is 0. The highest BCUT2D eigenvalue weighted by atomic mass is 32.1. The molecule has 4 aromatic rings. The second kappa shape index (κ2) is 6.23. The molecule has 1 aliphatic heterocycles. The Kier molecular flexibility index (Phi) is 3.72. The molecule has 6 heteroatoms. The molecule has 0 amide bonds. The lowest BCUT2D eigenvalue weighted by Crippen LogP contribution is -2.34. The van der Waals surface area contributed by atoms with E-state index >= 15 is 0 Å². The second-order valence-electron chi connectivity index (χ2n) is 6.55. The molecule has 3 heterocycles. The summed E-state index contributed by atoms with van der Waals surface area (Å²) in [4.78, 5) is 8.30. The zero-order valence-electron chi connectivity index (χ0n) is 14.1. The minimum absolute atomic E-state index is 0.0157. The molecule has 26 heavy (non-hydrogen) atoms. The van der Waals surface area contributed by atoms with E-state index in [9.17, 15) is 5.11 Å². The van der Waals surface area contributed by atoms with E-state index in [0.29, 0.717) is 0 Å². The number of fused-ring (bicyclic) bond motifs is 2. The smallest absolute Gasteiger partial charge is 0.230 e. The van der Waals surface area contributed by atoms with Crippen LogP contribution < -0.4 is 0 Å². The fourth-order valence-electron chi connectivity index (χ4n) is 3.77. The minimum atomic E-state index is -0.0157. The van der Waals surface area contributed by atoms with Crippen molar-refractivity contribution in [2.45, 2.75) is 19.0 Å². The van der Waals surface area contributed by atoms with Gasteiger partial charge < -0.3 is 5.11 Å². The highest BCUT2D eigenvalue weighted by Crippen LogP contribution is 2.41. The monoisotopic (exact) mass is 362 g/mol. The Morgan fingerprint density at radius 3 is 2.58 bits per heavy atom. The van der Waals surface area contributed by atoms with Gasteiger partial charge in [0.05, 0.1) is 10.9 Å². The number of thiazole rings is 1. The maximum Gasteiger partial charge on any atom is 0.230 e. The van der Waals surface area contributed by atoms with Gasteiger partial charge in [0, 0.05) is 13.1 Å². The Labute approximate surface area is 155 Å². The quantitative estimate of drug-likeness (QED) is 0.604. The Balaban J connectivity index is 1.61. The lowest BCUT2D eigenvalue weighted by molar-refractivity contribution is 0.205. The first-order valence-electron chi connectivity index (χ1n) is 8.68. The van der Waals surface area contributed by atoms with Crippen LogP contribution in [0.3, 0.4) is 0 Å². The van der Waals surface area contributed by atoms with Gasteiger partial charge in [-0.1, -0.05) is 65.9 Å². The van der Waals surface area contributed by atoms with Crippen molar-refractivity contribution >= 4 is 16.3 Å². The van der Waals surface area contributed by atoms with Gasteiger partial charge in [-0.25, -0.2) is 4.98 Å². The van der Waals surface area contributed by atoms with Gasteiger partial charge in [-0.15, -0.1) is 0 Å². The summed E-state index contributed by atoms with van der Waals surface area (Å²) in [6.07, 6.45) is 2.49. The van der Waals surface area contributed by atoms with E-state index in [1.165, 1.54) is 38.9 Å². The molecule has 0 saturated heterocycles. The zero-order chi connectivity index (χ0) is 17.5. The second-order valence-corrected chi connectivity index (χ2v) is 7.56. The Morgan fingerprint density at radius 2 is 1.77 bits per heavy atom. The van der Waals surface area contributed by atoms with Gasteiger partial charge in [0.2, 0.25) is 10.8 Å². The lowest BCUT2D eigenvalue weighted by Gasteiger charge is -2.35. The summed E-state index contributed by atoms with van der Waals surface area (Å²) in [5.74, 6) is 0.190. The van der Waals surface area contributed by atoms with Gasteiger partial charge in [0.25, 0.3) is 0 Å². The van der Waals surface area contributed by atoms with Crippen LogP contribution in [0, 0.1) is 0 Å². The topological polar surface area (TPSA) is 53.7 Å². The number of benzene rings is 2. The fourth-order valence-corrected chi connectivity index (χ4v) is 4.86. The molecule has 0 saturated carbocycles. The molecule has 0 bridgehead atoms. The average Bonchev–Trinajstić information content (AvgIpc) is 3.27. The van der Waals surface area contributed by atoms with E-state index in [4.69, 9.17) is 0 Å². The molecule has 0 spiro atoms. The molecule has 0 unspecified atom stereocenters. The van der Waals surface area contributed by atoms with Crippen molar-refractivity contribution in [1.29, 1.82) is 0 Å². The summed E-state index contributed by atoms with van der Waals surface area (Å²) in [6, 6.07) is 19.0. The molecular formula is C20H18N4OS. The third-order valence-corrected chi connectivity index (χ3v) is 6.11. The van der Waals surface area contributed by atoms with Gasteiger partial charge >= 0.3 is 0 Å². The van der Waals surface area contributed by atoms with Crippen molar-refractivity contribution in [2.24, 2.45) is 0 Å². The SMILES string of the molecule is Oc1c([C@H](c2ccccc2)N2CCc3ccccc3C2)sc2ncnn12. The molecule has 0 radical (unpaired) electrons. The normalized spacial score (nSPS) is 15.8. The van der Waals surface area contributed by atoms with Gasteiger partial charge in [0.15, 0.2) is 0 Å². The third-order valence-electron chi connectivity index (χ3n) is 5.03. The van der Waals surface area contributed by atoms with Crippen LogP contribution in [0.5, 0.6) is 5.88 Å². The van der Waals surface area contributed by atoms with Crippen molar-refractivity contribution in [1.82, 2.24) is 19.5 Å². The highest BCUT2D eigenvalue weighted by Gasteiger charge is 2.31. The molecule has 1 atom stereocenters. The molecule has 2 aromatic heterocycles. The lowest BCUT2D eigenvalue weighted by atomic mass is 9.96. The summed E-state index contributed by atoms with van der Waals surface area (Å²) in [5, 5.41) is 14.9. The van der Waals surface area contributed by atoms with E-state index in [-0.39, 0.29) is 11.9 Å². The molecule has 1 aliphatic rings. The largest absolute Gasteiger partial charge is 0.492 e. The van der Waals surface area contributed by atoms with Crippen LogP contribution in [-0.4, -0.2) is 31.1 Å². The summed E-state index contributed by atoms with van der Waals surface area (Å²) >= 11 is 1.51. The Hall–Kier alpha value is -2.70. The average molecular weight is 362 g/mol. The van der Waals surface area contributed by atoms with Crippen LogP contribution in [0.1, 0.15) is 27.6 Å². The number of rotatable bonds is 3. The van der Waals surface area contributed by atoms with E-state index < -0.39 is 0 Å². The maximum absolute atomic E-state index is 10.8. The predicted octanol–water partition coefficient (Wildman–Crippen LogP) is 3.64. The molecule has 2 aromatic carbocycles. The predicted molar refractivity (Wildman–Crippen MR) is 101 cm³/mol. The van der Waals surface area contributed by atoms with Crippen LogP contribution in [0.25, 0.3) is 4.96 Å². The van der Waals surface area contributed by atoms with E-state index in [1.807, 2.05) is 18.2 Å². The standard InChI is InChI=1S/C20H18N4OS/c25-19-18(26-20-21-13-22-24(19)20)17(15-7-2-1-3-8-15)23-11-10-14-6-4-5-9-16(14)12-23/h1-9,13,17,25H,10-12H2/t17-/m0/s1. The van der Waals surface area contributed by atoms with Crippen molar-refractivity contribution in [3.05, 3.63) is 82.5 Å². The molecular weight excluding hydrogens is 344 g/mol. The number of hydrogen-bond acceptors (Lipinski definition) is 5. The zero-order valence-corrected chi connectivity index (χ0v) is 14.9. The summed E-state index contributed by atoms with van der Waals surface area (Å²) in [5.41, 5.74) is 3.95. The number of aromatic hydroxyl groups is 1. The minimum Gasteiger partial charge on any atom is -0.492 e. The molecule has 0 aliphatic carbocycles. The first-order chi connectivity index (χ1) is 12.8. The van der Waals surface area contributed by atoms with Crippen LogP contribution in [-0.2, 0) is 13.0 Å². The third kappa shape index (κ3) is 2.50. The molecule has 5 nitrogen and oxygen atoms in total. The van der Waals surface area contributed by atoms with Gasteiger partial charge in [0.1, 0.15) is 6.33 Å². The van der Waals surface area contributed by atoms with Crippen LogP contribution in [0.2, 0.25) is 0 Å². The number of aromatic nitrogens is 3. The van der Waals surface area contributed by atoms with E-state index in [0.717, 1.165) is 29.3 Å². The molecule has 0 fully saturated rings. The van der Waals surface area contributed by atoms with Crippen molar-refractivity contribution < 1.29 is 5.11 Å². The molecule has 1 N–H and O–H groups in total. The van der Waals surface area contributed by atoms with E-state index in [2.05, 4.69) is 51.4 Å². The summed E-state index contributed by atoms with van der Waals surface area (Å²) in [6.45, 7) is 1.81. The fraction of sp³-hybridized carbons (Fsp3) is 0.200. The van der Waals surface area contributed by atoms with Crippen LogP contribution >= 0.6 is 11.3 Å². The molecule has 130 valence electrons. The highest BCUT2D eigenvalue weighted by molar-refractivity contribution is 7.17. The van der Waals surface area contributed by atoms with Crippen molar-refractivity contribution in [3.63, 3.8) is 0 Å².